The Morgan fingerprint density at radius 2 is 1.68 bits per heavy atom. The van der Waals surface area contributed by atoms with Crippen LogP contribution in [0.15, 0.2) is 0 Å². The topological polar surface area (TPSA) is 167 Å². The van der Waals surface area contributed by atoms with Crippen molar-refractivity contribution in [3.05, 3.63) is 0 Å². The summed E-state index contributed by atoms with van der Waals surface area (Å²) >= 11 is 0. The van der Waals surface area contributed by atoms with Gasteiger partial charge in [-0.05, 0) is 32.2 Å². The van der Waals surface area contributed by atoms with Gasteiger partial charge in [0.25, 0.3) is 0 Å². The quantitative estimate of drug-likeness (QED) is 0.281. The van der Waals surface area contributed by atoms with Gasteiger partial charge in [-0.3, -0.25) is 14.4 Å². The standard InChI is InChI=1S/C11H23N5O3/c12-6-2-1-3-8(10(15)18)16-11(19)7(13)4-5-9(14)17/h7-8H,1-6,12-13H2,(H2,14,17)(H2,15,18)(H,16,19)/t7-,8-/m0/s1. The highest BCUT2D eigenvalue weighted by Gasteiger charge is 2.21. The second-order valence-electron chi connectivity index (χ2n) is 4.36. The molecule has 0 saturated heterocycles. The summed E-state index contributed by atoms with van der Waals surface area (Å²) in [6.07, 6.45) is 1.99. The lowest BCUT2D eigenvalue weighted by atomic mass is 10.1. The van der Waals surface area contributed by atoms with Crippen LogP contribution in [0.25, 0.3) is 0 Å². The van der Waals surface area contributed by atoms with Gasteiger partial charge in [-0.1, -0.05) is 0 Å². The van der Waals surface area contributed by atoms with E-state index in [1.54, 1.807) is 0 Å². The van der Waals surface area contributed by atoms with Gasteiger partial charge in [-0.15, -0.1) is 0 Å². The van der Waals surface area contributed by atoms with Gasteiger partial charge in [-0.25, -0.2) is 0 Å². The van der Waals surface area contributed by atoms with Crippen LogP contribution in [0, 0.1) is 0 Å². The molecule has 0 aliphatic carbocycles. The average Bonchev–Trinajstić information content (AvgIpc) is 2.34. The Labute approximate surface area is 112 Å². The van der Waals surface area contributed by atoms with Gasteiger partial charge in [-0.2, -0.15) is 0 Å². The third-order valence-electron chi connectivity index (χ3n) is 2.65. The van der Waals surface area contributed by atoms with Gasteiger partial charge in [0.05, 0.1) is 6.04 Å². The first-order valence-electron chi connectivity index (χ1n) is 6.22. The Kier molecular flexibility index (Phi) is 8.47. The minimum Gasteiger partial charge on any atom is -0.370 e. The van der Waals surface area contributed by atoms with E-state index in [2.05, 4.69) is 5.32 Å². The molecule has 0 radical (unpaired) electrons. The Hall–Kier alpha value is -1.67. The number of rotatable bonds is 10. The molecule has 2 atom stereocenters. The highest BCUT2D eigenvalue weighted by Crippen LogP contribution is 2.01. The first kappa shape index (κ1) is 17.3. The van der Waals surface area contributed by atoms with Crippen molar-refractivity contribution in [3.8, 4) is 0 Å². The minimum absolute atomic E-state index is 0.0169. The number of unbranched alkanes of at least 4 members (excludes halogenated alkanes) is 1. The molecule has 0 aliphatic heterocycles. The fourth-order valence-corrected chi connectivity index (χ4v) is 1.49. The summed E-state index contributed by atoms with van der Waals surface area (Å²) in [5, 5.41) is 2.47. The smallest absolute Gasteiger partial charge is 0.240 e. The summed E-state index contributed by atoms with van der Waals surface area (Å²) in [7, 11) is 0. The molecule has 19 heavy (non-hydrogen) atoms. The van der Waals surface area contributed by atoms with Crippen LogP contribution in [0.3, 0.4) is 0 Å². The second kappa shape index (κ2) is 9.29. The van der Waals surface area contributed by atoms with Crippen LogP contribution in [-0.2, 0) is 14.4 Å². The molecule has 9 N–H and O–H groups in total. The molecule has 110 valence electrons. The number of carbonyl (C=O) groups excluding carboxylic acids is 3. The molecule has 0 aromatic heterocycles. The summed E-state index contributed by atoms with van der Waals surface area (Å²) in [5.41, 5.74) is 21.1. The van der Waals surface area contributed by atoms with Crippen molar-refractivity contribution in [1.29, 1.82) is 0 Å². The first-order chi connectivity index (χ1) is 8.88. The van der Waals surface area contributed by atoms with E-state index in [1.807, 2.05) is 0 Å². The average molecular weight is 273 g/mol. The molecule has 0 bridgehead atoms. The second-order valence-corrected chi connectivity index (χ2v) is 4.36. The first-order valence-corrected chi connectivity index (χ1v) is 6.22. The molecule has 0 aromatic rings. The van der Waals surface area contributed by atoms with E-state index in [0.717, 1.165) is 6.42 Å². The van der Waals surface area contributed by atoms with Crippen molar-refractivity contribution in [2.24, 2.45) is 22.9 Å². The Balaban J connectivity index is 4.21. The van der Waals surface area contributed by atoms with Crippen LogP contribution in [0.4, 0.5) is 0 Å². The fraction of sp³-hybridized carbons (Fsp3) is 0.727. The summed E-state index contributed by atoms with van der Waals surface area (Å²) in [6, 6.07) is -1.65. The lowest BCUT2D eigenvalue weighted by Crippen LogP contribution is -2.50. The molecular weight excluding hydrogens is 250 g/mol. The lowest BCUT2D eigenvalue weighted by Gasteiger charge is -2.18. The molecule has 0 spiro atoms. The number of hydrogen-bond acceptors (Lipinski definition) is 5. The van der Waals surface area contributed by atoms with Crippen molar-refractivity contribution in [2.45, 2.75) is 44.2 Å². The van der Waals surface area contributed by atoms with Gasteiger partial charge >= 0.3 is 0 Å². The normalized spacial score (nSPS) is 13.6. The monoisotopic (exact) mass is 273 g/mol. The van der Waals surface area contributed by atoms with Crippen LogP contribution < -0.4 is 28.3 Å². The maximum atomic E-state index is 11.7. The SMILES string of the molecule is NCCCC[C@H](NC(=O)[C@@H](N)CCC(N)=O)C(N)=O. The van der Waals surface area contributed by atoms with E-state index < -0.39 is 29.8 Å². The minimum atomic E-state index is -0.885. The van der Waals surface area contributed by atoms with Crippen LogP contribution in [0.5, 0.6) is 0 Å². The third kappa shape index (κ3) is 8.11. The predicted molar refractivity (Wildman–Crippen MR) is 70.4 cm³/mol. The maximum absolute atomic E-state index is 11.7. The van der Waals surface area contributed by atoms with Gasteiger partial charge in [0.1, 0.15) is 6.04 Å². The van der Waals surface area contributed by atoms with E-state index in [4.69, 9.17) is 22.9 Å². The number of nitrogens with two attached hydrogens (primary N) is 4. The van der Waals surface area contributed by atoms with E-state index in [-0.39, 0.29) is 12.8 Å². The van der Waals surface area contributed by atoms with Crippen molar-refractivity contribution >= 4 is 17.7 Å². The zero-order valence-corrected chi connectivity index (χ0v) is 10.9. The molecule has 0 aliphatic rings. The Morgan fingerprint density at radius 3 is 2.16 bits per heavy atom. The zero-order valence-electron chi connectivity index (χ0n) is 10.9. The van der Waals surface area contributed by atoms with E-state index in [1.165, 1.54) is 0 Å². The van der Waals surface area contributed by atoms with Crippen LogP contribution in [-0.4, -0.2) is 36.3 Å². The Bertz CT molecular complexity index is 321. The molecule has 0 aromatic carbocycles. The van der Waals surface area contributed by atoms with Crippen molar-refractivity contribution in [2.75, 3.05) is 6.54 Å². The van der Waals surface area contributed by atoms with E-state index in [9.17, 15) is 14.4 Å². The van der Waals surface area contributed by atoms with Crippen LogP contribution >= 0.6 is 0 Å². The summed E-state index contributed by atoms with van der Waals surface area (Å²) in [5.74, 6) is -1.66. The van der Waals surface area contributed by atoms with E-state index >= 15 is 0 Å². The number of primary amides is 2. The lowest BCUT2D eigenvalue weighted by molar-refractivity contribution is -0.128. The number of nitrogens with one attached hydrogen (secondary N) is 1. The van der Waals surface area contributed by atoms with Gasteiger partial charge in [0.2, 0.25) is 17.7 Å². The summed E-state index contributed by atoms with van der Waals surface area (Å²) in [6.45, 7) is 0.511. The Morgan fingerprint density at radius 1 is 1.05 bits per heavy atom. The van der Waals surface area contributed by atoms with Crippen molar-refractivity contribution in [3.63, 3.8) is 0 Å². The van der Waals surface area contributed by atoms with Gasteiger partial charge in [0.15, 0.2) is 0 Å². The fourth-order valence-electron chi connectivity index (χ4n) is 1.49. The summed E-state index contributed by atoms with van der Waals surface area (Å²) < 4.78 is 0. The zero-order chi connectivity index (χ0) is 14.8. The molecular formula is C11H23N5O3. The van der Waals surface area contributed by atoms with Crippen molar-refractivity contribution in [1.82, 2.24) is 5.32 Å². The maximum Gasteiger partial charge on any atom is 0.240 e. The predicted octanol–water partition coefficient (Wildman–Crippen LogP) is -2.32. The third-order valence-corrected chi connectivity index (χ3v) is 2.65. The number of hydrogen-bond donors (Lipinski definition) is 5. The largest absolute Gasteiger partial charge is 0.370 e. The van der Waals surface area contributed by atoms with Crippen LogP contribution in [0.2, 0.25) is 0 Å². The molecule has 3 amide bonds. The molecule has 0 fully saturated rings. The van der Waals surface area contributed by atoms with Gasteiger partial charge < -0.3 is 28.3 Å². The van der Waals surface area contributed by atoms with Crippen molar-refractivity contribution < 1.29 is 14.4 Å². The molecule has 0 unspecified atom stereocenters. The molecule has 0 rings (SSSR count). The number of amides is 3. The molecule has 8 heteroatoms. The van der Waals surface area contributed by atoms with Crippen LogP contribution in [0.1, 0.15) is 32.1 Å². The highest BCUT2D eigenvalue weighted by atomic mass is 16.2. The summed E-state index contributed by atoms with van der Waals surface area (Å²) in [4.78, 5) is 33.4. The van der Waals surface area contributed by atoms with Gasteiger partial charge in [0, 0.05) is 6.42 Å². The highest BCUT2D eigenvalue weighted by molar-refractivity contribution is 5.89. The number of carbonyl (C=O) groups is 3. The van der Waals surface area contributed by atoms with E-state index in [0.29, 0.717) is 19.4 Å². The molecule has 0 heterocycles. The molecule has 0 saturated carbocycles. The molecule has 8 nitrogen and oxygen atoms in total.